The molecule has 4 heterocycles. The van der Waals surface area contributed by atoms with E-state index in [1.807, 2.05) is 11.0 Å². The van der Waals surface area contributed by atoms with E-state index >= 15 is 0 Å². The van der Waals surface area contributed by atoms with Crippen molar-refractivity contribution in [3.63, 3.8) is 0 Å². The largest absolute Gasteiger partial charge is 0.382 e. The minimum Gasteiger partial charge on any atom is -0.382 e. The van der Waals surface area contributed by atoms with E-state index in [9.17, 15) is 22.8 Å². The van der Waals surface area contributed by atoms with Gasteiger partial charge in [0.1, 0.15) is 22.7 Å². The molecule has 1 spiro atoms. The predicted octanol–water partition coefficient (Wildman–Crippen LogP) is 4.88. The summed E-state index contributed by atoms with van der Waals surface area (Å²) < 4.78 is 41.1. The molecule has 0 radical (unpaired) electrons. The Morgan fingerprint density at radius 3 is 2.59 bits per heavy atom. The van der Waals surface area contributed by atoms with Gasteiger partial charge in [-0.3, -0.25) is 14.6 Å². The van der Waals surface area contributed by atoms with Crippen LogP contribution in [-0.4, -0.2) is 47.5 Å². The first-order chi connectivity index (χ1) is 19.7. The summed E-state index contributed by atoms with van der Waals surface area (Å²) in [6.07, 6.45) is 2.46. The molecule has 1 aliphatic carbocycles. The highest BCUT2D eigenvalue weighted by Crippen LogP contribution is 2.50. The molecule has 2 fully saturated rings. The average molecular weight is 585 g/mol. The molecule has 0 bridgehead atoms. The van der Waals surface area contributed by atoms with Gasteiger partial charge < -0.3 is 20.9 Å². The van der Waals surface area contributed by atoms with Gasteiger partial charge in [0.15, 0.2) is 0 Å². The minimum absolute atomic E-state index is 0.0553. The van der Waals surface area contributed by atoms with Gasteiger partial charge >= 0.3 is 0 Å². The Morgan fingerprint density at radius 1 is 1.12 bits per heavy atom. The van der Waals surface area contributed by atoms with Gasteiger partial charge in [-0.1, -0.05) is 17.7 Å². The molecule has 1 saturated carbocycles. The zero-order chi connectivity index (χ0) is 28.9. The van der Waals surface area contributed by atoms with Crippen LogP contribution in [-0.2, 0) is 10.2 Å². The number of nitrogen functional groups attached to an aromatic ring is 1. The molecule has 8 nitrogen and oxygen atoms in total. The predicted molar refractivity (Wildman–Crippen MR) is 149 cm³/mol. The molecule has 0 unspecified atom stereocenters. The Kier molecular flexibility index (Phi) is 7.01. The number of fused-ring (bicyclic) bond motifs is 2. The lowest BCUT2D eigenvalue weighted by Gasteiger charge is -2.48. The maximum atomic E-state index is 14.4. The number of carbonyl (C=O) groups excluding carboxylic acids is 2. The quantitative estimate of drug-likeness (QED) is 0.428. The van der Waals surface area contributed by atoms with Crippen molar-refractivity contribution in [1.82, 2.24) is 15.3 Å². The van der Waals surface area contributed by atoms with E-state index < -0.39 is 29.3 Å². The summed E-state index contributed by atoms with van der Waals surface area (Å²) in [4.78, 5) is 38.2. The van der Waals surface area contributed by atoms with Crippen LogP contribution in [0, 0.1) is 11.7 Å². The molecule has 2 aliphatic heterocycles. The first-order valence-electron chi connectivity index (χ1n) is 13.5. The van der Waals surface area contributed by atoms with Crippen LogP contribution in [0.3, 0.4) is 0 Å². The second kappa shape index (κ2) is 10.5. The molecule has 3 N–H and O–H groups in total. The third kappa shape index (κ3) is 4.86. The van der Waals surface area contributed by atoms with Crippen molar-refractivity contribution < 1.29 is 22.8 Å². The standard InChI is InChI=1S/C29H28ClF3N6O2/c30-17-10-20(24(25(32)33)36-12-17)27(40)37-19-6-3-16(4-7-19)13-39-23-11-18(31)5-8-21(23)29(28(39)41)14-38(15-29)22-2-1-9-35-26(22)34/h1-2,5,8-12,16,19,25H,3-4,6-7,13-15H2,(H2,34,35)(H,37,40). The molecule has 2 amide bonds. The van der Waals surface area contributed by atoms with Crippen molar-refractivity contribution >= 4 is 40.6 Å². The maximum Gasteiger partial charge on any atom is 0.281 e. The monoisotopic (exact) mass is 584 g/mol. The van der Waals surface area contributed by atoms with Crippen molar-refractivity contribution in [3.8, 4) is 0 Å². The third-order valence-electron chi connectivity index (χ3n) is 8.46. The third-order valence-corrected chi connectivity index (χ3v) is 8.67. The number of aromatic nitrogens is 2. The van der Waals surface area contributed by atoms with Gasteiger partial charge in [-0.05, 0) is 67.5 Å². The lowest BCUT2D eigenvalue weighted by Crippen LogP contribution is -2.64. The summed E-state index contributed by atoms with van der Waals surface area (Å²) in [6.45, 7) is 1.28. The van der Waals surface area contributed by atoms with E-state index in [-0.39, 0.29) is 28.5 Å². The Balaban J connectivity index is 1.12. The molecule has 1 aromatic carbocycles. The summed E-state index contributed by atoms with van der Waals surface area (Å²) in [5.74, 6) is -0.571. The van der Waals surface area contributed by atoms with Gasteiger partial charge in [0.2, 0.25) is 5.91 Å². The molecule has 1 saturated heterocycles. The molecular formula is C29H28ClF3N6O2. The Bertz CT molecular complexity index is 1510. The average Bonchev–Trinajstić information content (AvgIpc) is 3.16. The van der Waals surface area contributed by atoms with Crippen LogP contribution >= 0.6 is 11.6 Å². The fraction of sp³-hybridized carbons (Fsp3) is 0.379. The number of halogens is 4. The first-order valence-corrected chi connectivity index (χ1v) is 13.9. The van der Waals surface area contributed by atoms with Crippen LogP contribution in [0.2, 0.25) is 5.02 Å². The van der Waals surface area contributed by atoms with Crippen molar-refractivity contribution in [1.29, 1.82) is 0 Å². The number of anilines is 3. The summed E-state index contributed by atoms with van der Waals surface area (Å²) >= 11 is 5.89. The van der Waals surface area contributed by atoms with Gasteiger partial charge in [-0.2, -0.15) is 0 Å². The SMILES string of the molecule is Nc1ncccc1N1CC2(C1)C(=O)N(CC1CCC(NC(=O)c3cc(Cl)cnc3C(F)F)CC1)c1cc(F)ccc12. The van der Waals surface area contributed by atoms with Crippen molar-refractivity contribution in [3.05, 3.63) is 76.5 Å². The number of hydrogen-bond acceptors (Lipinski definition) is 6. The lowest BCUT2D eigenvalue weighted by molar-refractivity contribution is -0.124. The normalized spacial score (nSPS) is 21.2. The molecule has 6 rings (SSSR count). The number of nitrogens with zero attached hydrogens (tertiary/aromatic N) is 4. The second-order valence-electron chi connectivity index (χ2n) is 11.0. The van der Waals surface area contributed by atoms with Crippen molar-refractivity contribution in [2.45, 2.75) is 43.6 Å². The van der Waals surface area contributed by atoms with E-state index in [0.717, 1.165) is 17.4 Å². The number of alkyl halides is 2. The summed E-state index contributed by atoms with van der Waals surface area (Å²) in [5, 5.41) is 2.94. The van der Waals surface area contributed by atoms with Gasteiger partial charge in [0.05, 0.1) is 22.0 Å². The van der Waals surface area contributed by atoms with E-state index in [4.69, 9.17) is 17.3 Å². The highest BCUT2D eigenvalue weighted by molar-refractivity contribution is 6.30. The number of hydrogen-bond donors (Lipinski definition) is 2. The molecular weight excluding hydrogens is 557 g/mol. The molecule has 0 atom stereocenters. The molecule has 214 valence electrons. The Morgan fingerprint density at radius 2 is 1.88 bits per heavy atom. The molecule has 3 aliphatic rings. The van der Waals surface area contributed by atoms with Crippen molar-refractivity contribution in [2.24, 2.45) is 5.92 Å². The van der Waals surface area contributed by atoms with Crippen LogP contribution in [0.25, 0.3) is 0 Å². The first kappa shape index (κ1) is 27.3. The van der Waals surface area contributed by atoms with E-state index in [1.165, 1.54) is 18.2 Å². The zero-order valence-electron chi connectivity index (χ0n) is 22.0. The van der Waals surface area contributed by atoms with E-state index in [1.54, 1.807) is 23.2 Å². The molecule has 2 aromatic heterocycles. The number of nitrogens with one attached hydrogen (secondary N) is 1. The number of carbonyl (C=O) groups is 2. The van der Waals surface area contributed by atoms with Gasteiger partial charge in [0.25, 0.3) is 12.3 Å². The number of amides is 2. The number of nitrogens with two attached hydrogens (primary N) is 1. The highest BCUT2D eigenvalue weighted by Gasteiger charge is 2.58. The highest BCUT2D eigenvalue weighted by atomic mass is 35.5. The fourth-order valence-electron chi connectivity index (χ4n) is 6.37. The van der Waals surface area contributed by atoms with Crippen LogP contribution in [0.15, 0.2) is 48.8 Å². The van der Waals surface area contributed by atoms with Crippen LogP contribution < -0.4 is 20.9 Å². The zero-order valence-corrected chi connectivity index (χ0v) is 22.8. The number of rotatable bonds is 6. The minimum atomic E-state index is -2.90. The van der Waals surface area contributed by atoms with Crippen molar-refractivity contribution in [2.75, 3.05) is 35.2 Å². The molecule has 41 heavy (non-hydrogen) atoms. The molecule has 12 heteroatoms. The van der Waals surface area contributed by atoms with Gasteiger partial charge in [0, 0.05) is 38.1 Å². The second-order valence-corrected chi connectivity index (χ2v) is 11.4. The van der Waals surface area contributed by atoms with E-state index in [0.29, 0.717) is 56.8 Å². The van der Waals surface area contributed by atoms with Crippen LogP contribution in [0.5, 0.6) is 0 Å². The van der Waals surface area contributed by atoms with Crippen LogP contribution in [0.4, 0.5) is 30.4 Å². The Hall–Kier alpha value is -3.86. The van der Waals surface area contributed by atoms with Gasteiger partial charge in [-0.25, -0.2) is 18.2 Å². The van der Waals surface area contributed by atoms with E-state index in [2.05, 4.69) is 15.3 Å². The summed E-state index contributed by atoms with van der Waals surface area (Å²) in [5.41, 5.74) is 6.62. The number of pyridine rings is 2. The lowest BCUT2D eigenvalue weighted by atomic mass is 9.74. The maximum absolute atomic E-state index is 14.4. The fourth-order valence-corrected chi connectivity index (χ4v) is 6.53. The Labute approximate surface area is 239 Å². The number of benzene rings is 1. The summed E-state index contributed by atoms with van der Waals surface area (Å²) in [6, 6.07) is 9.18. The molecule has 3 aromatic rings. The smallest absolute Gasteiger partial charge is 0.281 e. The topological polar surface area (TPSA) is 104 Å². The van der Waals surface area contributed by atoms with Crippen LogP contribution in [0.1, 0.15) is 53.7 Å². The summed E-state index contributed by atoms with van der Waals surface area (Å²) in [7, 11) is 0. The van der Waals surface area contributed by atoms with Gasteiger partial charge in [-0.15, -0.1) is 0 Å².